The van der Waals surface area contributed by atoms with Crippen LogP contribution < -0.4 is 42.6 Å². The predicted molar refractivity (Wildman–Crippen MR) is 278 cm³/mol. The van der Waals surface area contributed by atoms with E-state index in [1.165, 1.54) is 133 Å². The van der Waals surface area contributed by atoms with E-state index >= 15 is 0 Å². The molecule has 314 valence electrons. The van der Waals surface area contributed by atoms with Crippen LogP contribution in [0.4, 0.5) is 34.1 Å². The highest BCUT2D eigenvalue weighted by molar-refractivity contribution is 7.00. The lowest BCUT2D eigenvalue weighted by atomic mass is 9.29. The third-order valence-corrected chi connectivity index (χ3v) is 16.0. The summed E-state index contributed by atoms with van der Waals surface area (Å²) in [5.41, 5.74) is 30.3. The summed E-state index contributed by atoms with van der Waals surface area (Å²) in [5.74, 6) is 0. The number of hydrogen-bond donors (Lipinski definition) is 0. The molecule has 8 aromatic carbocycles. The van der Waals surface area contributed by atoms with Crippen molar-refractivity contribution in [1.82, 2.24) is 0 Å². The van der Waals surface area contributed by atoms with Crippen LogP contribution in [-0.2, 0) is 10.8 Å². The normalized spacial score (nSPS) is 15.7. The molecular weight excluding hydrogens is 786 g/mol. The van der Waals surface area contributed by atoms with Gasteiger partial charge in [0.2, 0.25) is 13.4 Å². The van der Waals surface area contributed by atoms with Crippen molar-refractivity contribution < 1.29 is 4.42 Å². The van der Waals surface area contributed by atoms with Crippen molar-refractivity contribution in [2.75, 3.05) is 9.80 Å². The van der Waals surface area contributed by atoms with E-state index in [4.69, 9.17) is 4.42 Å². The zero-order chi connectivity index (χ0) is 44.6. The first-order valence-electron chi connectivity index (χ1n) is 23.5. The average molecular weight is 839 g/mol. The Morgan fingerprint density at radius 3 is 1.42 bits per heavy atom. The first kappa shape index (κ1) is 38.7. The van der Waals surface area contributed by atoms with Crippen molar-refractivity contribution in [2.45, 2.75) is 80.1 Å². The molecule has 0 fully saturated rings. The van der Waals surface area contributed by atoms with E-state index in [-0.39, 0.29) is 24.3 Å². The average Bonchev–Trinajstić information content (AvgIpc) is 3.64. The van der Waals surface area contributed by atoms with E-state index in [0.29, 0.717) is 0 Å². The van der Waals surface area contributed by atoms with Gasteiger partial charge in [-0.25, -0.2) is 0 Å². The van der Waals surface area contributed by atoms with Gasteiger partial charge in [0.05, 0.1) is 0 Å². The SMILES string of the molecule is Cc1ccc(N2c3ccc(C)cc3B3c4cc5oc6c7c(ccc6c5cc4C(C)(C)c4c(C)ccc2c43)B2c3cc(C)ccc3N(c3ccc(C)cc3)c3ccc(C)c(c32)C7(C)C)cc1. The molecule has 0 saturated heterocycles. The lowest BCUT2D eigenvalue weighted by Crippen LogP contribution is -2.64. The summed E-state index contributed by atoms with van der Waals surface area (Å²) in [7, 11) is 0. The number of hydrogen-bond acceptors (Lipinski definition) is 3. The minimum atomic E-state index is -0.338. The highest BCUT2D eigenvalue weighted by atomic mass is 16.3. The van der Waals surface area contributed by atoms with Crippen LogP contribution in [0.2, 0.25) is 0 Å². The van der Waals surface area contributed by atoms with Crippen LogP contribution in [0.1, 0.15) is 83.3 Å². The Balaban J connectivity index is 1.07. The van der Waals surface area contributed by atoms with Gasteiger partial charge in [0.15, 0.2) is 0 Å². The van der Waals surface area contributed by atoms with Gasteiger partial charge < -0.3 is 14.2 Å². The fraction of sp³-hybridized carbons (Fsp3) is 0.200. The minimum absolute atomic E-state index is 0.0638. The summed E-state index contributed by atoms with van der Waals surface area (Å²) in [6, 6.07) is 51.4. The number of furan rings is 1. The maximum absolute atomic E-state index is 7.48. The van der Waals surface area contributed by atoms with Crippen molar-refractivity contribution in [3.63, 3.8) is 0 Å². The topological polar surface area (TPSA) is 19.6 Å². The number of nitrogens with zero attached hydrogens (tertiary/aromatic N) is 2. The quantitative estimate of drug-likeness (QED) is 0.162. The fourth-order valence-electron chi connectivity index (χ4n) is 13.3. The van der Waals surface area contributed by atoms with Crippen LogP contribution in [0.5, 0.6) is 0 Å². The molecule has 0 amide bonds. The van der Waals surface area contributed by atoms with Gasteiger partial charge in [-0.2, -0.15) is 0 Å². The van der Waals surface area contributed by atoms with Crippen LogP contribution in [0.3, 0.4) is 0 Å². The number of benzene rings is 8. The van der Waals surface area contributed by atoms with Gasteiger partial charge in [-0.3, -0.25) is 0 Å². The highest BCUT2D eigenvalue weighted by Gasteiger charge is 2.50. The number of fused-ring (bicyclic) bond motifs is 12. The molecule has 5 heteroatoms. The molecule has 0 saturated carbocycles. The Hall–Kier alpha value is -6.71. The van der Waals surface area contributed by atoms with Gasteiger partial charge in [-0.05, 0) is 152 Å². The molecule has 13 rings (SSSR count). The summed E-state index contributed by atoms with van der Waals surface area (Å²) < 4.78 is 7.48. The zero-order valence-corrected chi connectivity index (χ0v) is 39.2. The first-order valence-corrected chi connectivity index (χ1v) is 23.5. The van der Waals surface area contributed by atoms with Crippen LogP contribution in [-0.4, -0.2) is 13.4 Å². The summed E-state index contributed by atoms with van der Waals surface area (Å²) in [6.07, 6.45) is 0. The molecule has 0 bridgehead atoms. The van der Waals surface area contributed by atoms with Crippen molar-refractivity contribution in [2.24, 2.45) is 0 Å². The molecule has 1 aromatic heterocycles. The molecule has 0 atom stereocenters. The third kappa shape index (κ3) is 5.05. The van der Waals surface area contributed by atoms with Crippen LogP contribution in [0.15, 0.2) is 138 Å². The van der Waals surface area contributed by atoms with E-state index < -0.39 is 0 Å². The Bertz CT molecular complexity index is 3580. The fourth-order valence-corrected chi connectivity index (χ4v) is 13.3. The lowest BCUT2D eigenvalue weighted by Gasteiger charge is -2.46. The highest BCUT2D eigenvalue weighted by Crippen LogP contribution is 2.49. The standard InChI is InChI=1S/C60H52B2N2O/c1-33-11-19-39(20-12-33)63-48-25-15-35(3)29-46(48)61-44-24-23-41-42-31-43-45(32-52(42)65-58(41)55(44)60(9,10)54-38(6)18-28-51(63)57(54)61)62-47-30-36(4)16-26-49(47)64(40-21-13-34(2)14-22-40)50-27-17-37(5)53(56(50)62)59(43,7)8/h11-32H,1-10H3. The molecule has 0 N–H and O–H groups in total. The van der Waals surface area contributed by atoms with Crippen LogP contribution in [0, 0.1) is 41.5 Å². The molecule has 0 radical (unpaired) electrons. The molecule has 0 unspecified atom stereocenters. The summed E-state index contributed by atoms with van der Waals surface area (Å²) >= 11 is 0. The Kier molecular flexibility index (Phi) is 7.73. The molecular formula is C60H52B2N2O. The third-order valence-electron chi connectivity index (χ3n) is 16.0. The smallest absolute Gasteiger partial charge is 0.247 e. The van der Waals surface area contributed by atoms with E-state index in [9.17, 15) is 0 Å². The van der Waals surface area contributed by atoms with Gasteiger partial charge >= 0.3 is 0 Å². The van der Waals surface area contributed by atoms with Gasteiger partial charge in [0, 0.05) is 61.3 Å². The number of rotatable bonds is 2. The van der Waals surface area contributed by atoms with Crippen molar-refractivity contribution >= 4 is 102 Å². The van der Waals surface area contributed by atoms with Crippen molar-refractivity contribution in [3.05, 3.63) is 189 Å². The lowest BCUT2D eigenvalue weighted by molar-refractivity contribution is 0.608. The summed E-state index contributed by atoms with van der Waals surface area (Å²) in [6.45, 7) is 23.3. The molecule has 0 aliphatic carbocycles. The minimum Gasteiger partial charge on any atom is -0.456 e. The monoisotopic (exact) mass is 838 g/mol. The van der Waals surface area contributed by atoms with Gasteiger partial charge in [0.1, 0.15) is 11.2 Å². The molecule has 9 aromatic rings. The van der Waals surface area contributed by atoms with Gasteiger partial charge in [-0.15, -0.1) is 0 Å². The van der Waals surface area contributed by atoms with E-state index in [1.807, 2.05) is 0 Å². The van der Waals surface area contributed by atoms with Gasteiger partial charge in [0.25, 0.3) is 0 Å². The second-order valence-corrected chi connectivity index (χ2v) is 20.9. The number of aryl methyl sites for hydroxylation is 6. The second kappa shape index (κ2) is 13.0. The molecule has 4 aliphatic heterocycles. The maximum atomic E-state index is 7.48. The second-order valence-electron chi connectivity index (χ2n) is 20.9. The largest absolute Gasteiger partial charge is 0.456 e. The van der Waals surface area contributed by atoms with E-state index in [2.05, 4.69) is 212 Å². The van der Waals surface area contributed by atoms with E-state index in [0.717, 1.165) is 11.2 Å². The zero-order valence-electron chi connectivity index (χ0n) is 39.2. The maximum Gasteiger partial charge on any atom is 0.247 e. The Morgan fingerprint density at radius 1 is 0.400 bits per heavy atom. The van der Waals surface area contributed by atoms with Crippen molar-refractivity contribution in [3.8, 4) is 0 Å². The first-order chi connectivity index (χ1) is 31.2. The molecule has 65 heavy (non-hydrogen) atoms. The van der Waals surface area contributed by atoms with Gasteiger partial charge in [-0.1, -0.05) is 134 Å². The summed E-state index contributed by atoms with van der Waals surface area (Å²) in [4.78, 5) is 5.01. The van der Waals surface area contributed by atoms with Crippen molar-refractivity contribution in [1.29, 1.82) is 0 Å². The predicted octanol–water partition coefficient (Wildman–Crippen LogP) is 11.3. The number of anilines is 6. The van der Waals surface area contributed by atoms with E-state index in [1.54, 1.807) is 0 Å². The molecule has 0 spiro atoms. The molecule has 3 nitrogen and oxygen atoms in total. The molecule has 4 aliphatic rings. The van der Waals surface area contributed by atoms with Crippen LogP contribution >= 0.6 is 0 Å². The van der Waals surface area contributed by atoms with Crippen LogP contribution in [0.25, 0.3) is 21.9 Å². The summed E-state index contributed by atoms with van der Waals surface area (Å²) in [5, 5.41) is 2.40. The molecule has 5 heterocycles. The Morgan fingerprint density at radius 2 is 0.877 bits per heavy atom. The Labute approximate surface area is 383 Å².